The zero-order chi connectivity index (χ0) is 14.3. The van der Waals surface area contributed by atoms with E-state index in [0.29, 0.717) is 29.4 Å². The molecule has 0 heterocycles. The van der Waals surface area contributed by atoms with E-state index < -0.39 is 12.8 Å². The molecule has 0 spiro atoms. The molecule has 0 radical (unpaired) electrons. The number of rotatable bonds is 7. The Bertz CT molecular complexity index is 399. The summed E-state index contributed by atoms with van der Waals surface area (Å²) in [6.45, 7) is -0.717. The van der Waals surface area contributed by atoms with Crippen molar-refractivity contribution in [1.29, 1.82) is 0 Å². The summed E-state index contributed by atoms with van der Waals surface area (Å²) in [6, 6.07) is 5.13. The minimum atomic E-state index is -4.27. The van der Waals surface area contributed by atoms with Crippen LogP contribution >= 0.6 is 11.6 Å². The van der Waals surface area contributed by atoms with Crippen molar-refractivity contribution in [2.75, 3.05) is 32.2 Å². The monoisotopic (exact) mass is 297 g/mol. The number of alkyl halides is 3. The van der Waals surface area contributed by atoms with Crippen molar-refractivity contribution in [2.24, 2.45) is 0 Å². The van der Waals surface area contributed by atoms with Gasteiger partial charge >= 0.3 is 6.18 Å². The van der Waals surface area contributed by atoms with Gasteiger partial charge in [0.1, 0.15) is 12.4 Å². The fourth-order valence-corrected chi connectivity index (χ4v) is 1.54. The molecule has 1 rings (SSSR count). The van der Waals surface area contributed by atoms with Crippen molar-refractivity contribution >= 4 is 17.3 Å². The van der Waals surface area contributed by atoms with E-state index in [0.717, 1.165) is 0 Å². The van der Waals surface area contributed by atoms with Gasteiger partial charge in [0.15, 0.2) is 0 Å². The number of nitrogens with one attached hydrogen (secondary N) is 1. The zero-order valence-electron chi connectivity index (χ0n) is 10.4. The normalized spacial score (nSPS) is 11.4. The van der Waals surface area contributed by atoms with Gasteiger partial charge < -0.3 is 14.8 Å². The van der Waals surface area contributed by atoms with Crippen LogP contribution in [0.15, 0.2) is 18.2 Å². The van der Waals surface area contributed by atoms with Crippen molar-refractivity contribution in [1.82, 2.24) is 0 Å². The molecule has 0 fully saturated rings. The summed E-state index contributed by atoms with van der Waals surface area (Å²) in [6.07, 6.45) is -3.83. The Kier molecular flexibility index (Phi) is 6.24. The molecule has 0 bridgehead atoms. The maximum absolute atomic E-state index is 11.8. The molecule has 1 N–H and O–H groups in total. The van der Waals surface area contributed by atoms with E-state index in [2.05, 4.69) is 10.1 Å². The number of hydrogen-bond donors (Lipinski definition) is 1. The predicted octanol–water partition coefficient (Wildman–Crippen LogP) is 3.73. The van der Waals surface area contributed by atoms with Gasteiger partial charge in [0.25, 0.3) is 0 Å². The third kappa shape index (κ3) is 6.54. The summed E-state index contributed by atoms with van der Waals surface area (Å²) in [4.78, 5) is 0. The standard InChI is InChI=1S/C12H15ClF3NO2/c1-18-9-3-4-10(13)11(7-9)17-5-2-6-19-8-12(14,15)16/h3-4,7,17H,2,5-6,8H2,1H3. The van der Waals surface area contributed by atoms with Gasteiger partial charge in [0.2, 0.25) is 0 Å². The van der Waals surface area contributed by atoms with E-state index in [-0.39, 0.29) is 6.61 Å². The highest BCUT2D eigenvalue weighted by Gasteiger charge is 2.27. The van der Waals surface area contributed by atoms with Crippen LogP contribution in [0.25, 0.3) is 0 Å². The van der Waals surface area contributed by atoms with Crippen LogP contribution in [-0.2, 0) is 4.74 Å². The Balaban J connectivity index is 2.26. The van der Waals surface area contributed by atoms with Crippen molar-refractivity contribution < 1.29 is 22.6 Å². The molecule has 0 amide bonds. The van der Waals surface area contributed by atoms with Crippen LogP contribution in [0, 0.1) is 0 Å². The zero-order valence-corrected chi connectivity index (χ0v) is 11.1. The van der Waals surface area contributed by atoms with Gasteiger partial charge in [-0.1, -0.05) is 11.6 Å². The number of ether oxygens (including phenoxy) is 2. The van der Waals surface area contributed by atoms with Gasteiger partial charge in [-0.2, -0.15) is 13.2 Å². The lowest BCUT2D eigenvalue weighted by Crippen LogP contribution is -2.18. The average molecular weight is 298 g/mol. The Morgan fingerprint density at radius 1 is 1.32 bits per heavy atom. The first-order chi connectivity index (χ1) is 8.92. The molecular weight excluding hydrogens is 283 g/mol. The Hall–Kier alpha value is -1.14. The molecule has 1 aromatic rings. The average Bonchev–Trinajstić information content (AvgIpc) is 2.34. The molecule has 3 nitrogen and oxygen atoms in total. The highest BCUT2D eigenvalue weighted by Crippen LogP contribution is 2.26. The van der Waals surface area contributed by atoms with Gasteiger partial charge in [-0.3, -0.25) is 0 Å². The molecule has 0 saturated carbocycles. The molecular formula is C12H15ClF3NO2. The van der Waals surface area contributed by atoms with E-state index in [1.54, 1.807) is 18.2 Å². The largest absolute Gasteiger partial charge is 0.497 e. The Morgan fingerprint density at radius 2 is 2.05 bits per heavy atom. The van der Waals surface area contributed by atoms with Crippen molar-refractivity contribution in [2.45, 2.75) is 12.6 Å². The summed E-state index contributed by atoms with van der Waals surface area (Å²) in [5, 5.41) is 3.54. The highest BCUT2D eigenvalue weighted by atomic mass is 35.5. The summed E-state index contributed by atoms with van der Waals surface area (Å²) < 4.78 is 44.9. The smallest absolute Gasteiger partial charge is 0.411 e. The Morgan fingerprint density at radius 3 is 2.68 bits per heavy atom. The fourth-order valence-electron chi connectivity index (χ4n) is 1.35. The van der Waals surface area contributed by atoms with Gasteiger partial charge in [0, 0.05) is 19.2 Å². The quantitative estimate of drug-likeness (QED) is 0.778. The van der Waals surface area contributed by atoms with Crippen LogP contribution < -0.4 is 10.1 Å². The molecule has 0 aliphatic rings. The lowest BCUT2D eigenvalue weighted by Gasteiger charge is -2.11. The Labute approximate surface area is 114 Å². The van der Waals surface area contributed by atoms with Crippen LogP contribution in [0.2, 0.25) is 5.02 Å². The molecule has 0 aliphatic carbocycles. The summed E-state index contributed by atoms with van der Waals surface area (Å²) in [5.74, 6) is 0.653. The number of halogens is 4. The third-order valence-corrected chi connectivity index (χ3v) is 2.55. The van der Waals surface area contributed by atoms with Crippen LogP contribution in [-0.4, -0.2) is 33.0 Å². The molecule has 0 atom stereocenters. The van der Waals surface area contributed by atoms with Gasteiger partial charge in [-0.05, 0) is 18.6 Å². The second-order valence-electron chi connectivity index (χ2n) is 3.79. The molecule has 108 valence electrons. The van der Waals surface area contributed by atoms with Gasteiger partial charge in [-0.25, -0.2) is 0 Å². The topological polar surface area (TPSA) is 30.5 Å². The summed E-state index contributed by atoms with van der Waals surface area (Å²) >= 11 is 5.96. The van der Waals surface area contributed by atoms with Gasteiger partial charge in [-0.15, -0.1) is 0 Å². The molecule has 0 unspecified atom stereocenters. The predicted molar refractivity (Wildman–Crippen MR) is 68.0 cm³/mol. The highest BCUT2D eigenvalue weighted by molar-refractivity contribution is 6.33. The lowest BCUT2D eigenvalue weighted by molar-refractivity contribution is -0.173. The number of hydrogen-bond acceptors (Lipinski definition) is 3. The van der Waals surface area contributed by atoms with Crippen LogP contribution in [0.1, 0.15) is 6.42 Å². The fraction of sp³-hybridized carbons (Fsp3) is 0.500. The maximum Gasteiger partial charge on any atom is 0.411 e. The third-order valence-electron chi connectivity index (χ3n) is 2.22. The molecule has 7 heteroatoms. The van der Waals surface area contributed by atoms with Crippen LogP contribution in [0.4, 0.5) is 18.9 Å². The molecule has 19 heavy (non-hydrogen) atoms. The lowest BCUT2D eigenvalue weighted by atomic mass is 10.3. The van der Waals surface area contributed by atoms with E-state index in [4.69, 9.17) is 16.3 Å². The first-order valence-corrected chi connectivity index (χ1v) is 6.02. The number of anilines is 1. The van der Waals surface area contributed by atoms with E-state index in [1.807, 2.05) is 0 Å². The molecule has 0 saturated heterocycles. The van der Waals surface area contributed by atoms with E-state index in [9.17, 15) is 13.2 Å². The van der Waals surface area contributed by atoms with Crippen LogP contribution in [0.5, 0.6) is 5.75 Å². The first-order valence-electron chi connectivity index (χ1n) is 5.64. The number of methoxy groups -OCH3 is 1. The second kappa shape index (κ2) is 7.45. The molecule has 1 aromatic carbocycles. The minimum absolute atomic E-state index is 0.0358. The van der Waals surface area contributed by atoms with Crippen molar-refractivity contribution in [3.63, 3.8) is 0 Å². The summed E-state index contributed by atoms with van der Waals surface area (Å²) in [7, 11) is 1.54. The first kappa shape index (κ1) is 15.9. The van der Waals surface area contributed by atoms with E-state index in [1.165, 1.54) is 7.11 Å². The SMILES string of the molecule is COc1ccc(Cl)c(NCCCOCC(F)(F)F)c1. The minimum Gasteiger partial charge on any atom is -0.497 e. The van der Waals surface area contributed by atoms with Crippen molar-refractivity contribution in [3.8, 4) is 5.75 Å². The van der Waals surface area contributed by atoms with E-state index >= 15 is 0 Å². The number of benzene rings is 1. The van der Waals surface area contributed by atoms with Crippen molar-refractivity contribution in [3.05, 3.63) is 23.2 Å². The molecule has 0 aromatic heterocycles. The second-order valence-corrected chi connectivity index (χ2v) is 4.20. The van der Waals surface area contributed by atoms with Gasteiger partial charge in [0.05, 0.1) is 17.8 Å². The summed E-state index contributed by atoms with van der Waals surface area (Å²) in [5.41, 5.74) is 0.678. The van der Waals surface area contributed by atoms with Crippen LogP contribution in [0.3, 0.4) is 0 Å². The molecule has 0 aliphatic heterocycles. The maximum atomic E-state index is 11.8.